The van der Waals surface area contributed by atoms with Crippen LogP contribution in [-0.2, 0) is 26.2 Å². The lowest BCUT2D eigenvalue weighted by Gasteiger charge is -2.33. The van der Waals surface area contributed by atoms with Crippen LogP contribution in [0.15, 0.2) is 42.5 Å². The quantitative estimate of drug-likeness (QED) is 0.372. The maximum Gasteiger partial charge on any atom is 0.244 e. The van der Waals surface area contributed by atoms with Crippen molar-refractivity contribution in [1.29, 1.82) is 0 Å². The van der Waals surface area contributed by atoms with Gasteiger partial charge in [0.05, 0.1) is 11.9 Å². The molecular weight excluding hydrogens is 636 g/mol. The predicted octanol–water partition coefficient (Wildman–Crippen LogP) is 5.23. The lowest BCUT2D eigenvalue weighted by molar-refractivity contribution is -0.139. The molecule has 0 aliphatic heterocycles. The zero-order valence-electron chi connectivity index (χ0n) is 20.2. The molecule has 0 heterocycles. The first-order valence-electron chi connectivity index (χ1n) is 11.7. The van der Waals surface area contributed by atoms with Crippen LogP contribution in [0.5, 0.6) is 0 Å². The fourth-order valence-corrected chi connectivity index (χ4v) is 5.95. The van der Waals surface area contributed by atoms with E-state index in [4.69, 9.17) is 23.2 Å². The number of carbonyl (C=O) groups is 2. The summed E-state index contributed by atoms with van der Waals surface area (Å²) in [5.74, 6) is -0.833. The molecule has 1 N–H and O–H groups in total. The first kappa shape index (κ1) is 29.0. The molecule has 2 amide bonds. The number of nitrogens with zero attached hydrogens (tertiary/aromatic N) is 2. The van der Waals surface area contributed by atoms with Crippen LogP contribution >= 0.6 is 45.8 Å². The smallest absolute Gasteiger partial charge is 0.244 e. The van der Waals surface area contributed by atoms with Gasteiger partial charge in [0.15, 0.2) is 0 Å². The van der Waals surface area contributed by atoms with Crippen molar-refractivity contribution in [3.63, 3.8) is 0 Å². The first-order valence-corrected chi connectivity index (χ1v) is 15.4. The Hall–Kier alpha value is -1.56. The Kier molecular flexibility index (Phi) is 10.3. The van der Waals surface area contributed by atoms with Crippen LogP contribution in [0, 0.1) is 3.57 Å². The lowest BCUT2D eigenvalue weighted by Crippen LogP contribution is -2.53. The maximum atomic E-state index is 13.7. The molecule has 1 fully saturated rings. The summed E-state index contributed by atoms with van der Waals surface area (Å²) < 4.78 is 27.2. The minimum atomic E-state index is -3.79. The molecule has 2 aromatic carbocycles. The van der Waals surface area contributed by atoms with Gasteiger partial charge in [-0.3, -0.25) is 13.9 Å². The number of hydrogen-bond acceptors (Lipinski definition) is 4. The molecule has 0 spiro atoms. The van der Waals surface area contributed by atoms with Crippen LogP contribution in [0.2, 0.25) is 10.0 Å². The van der Waals surface area contributed by atoms with Gasteiger partial charge >= 0.3 is 0 Å². The fraction of sp³-hybridized carbons (Fsp3) is 0.440. The zero-order valence-corrected chi connectivity index (χ0v) is 24.7. The van der Waals surface area contributed by atoms with Crippen LogP contribution in [0.3, 0.4) is 0 Å². The van der Waals surface area contributed by atoms with Crippen molar-refractivity contribution < 1.29 is 18.0 Å². The summed E-state index contributed by atoms with van der Waals surface area (Å²) in [5.41, 5.74) is 0.855. The third kappa shape index (κ3) is 7.72. The second kappa shape index (κ2) is 12.8. The molecule has 36 heavy (non-hydrogen) atoms. The molecule has 0 aromatic heterocycles. The first-order chi connectivity index (χ1) is 17.0. The number of halogens is 3. The minimum absolute atomic E-state index is 0.0408. The van der Waals surface area contributed by atoms with Crippen LogP contribution in [0.25, 0.3) is 0 Å². The molecule has 2 aromatic rings. The summed E-state index contributed by atoms with van der Waals surface area (Å²) in [5, 5.41) is 3.78. The molecule has 1 saturated carbocycles. The van der Waals surface area contributed by atoms with Crippen molar-refractivity contribution >= 4 is 73.3 Å². The van der Waals surface area contributed by atoms with Crippen molar-refractivity contribution in [3.05, 3.63) is 61.6 Å². The van der Waals surface area contributed by atoms with E-state index in [0.29, 0.717) is 21.3 Å². The van der Waals surface area contributed by atoms with E-state index in [1.54, 1.807) is 49.4 Å². The second-order valence-electron chi connectivity index (χ2n) is 8.99. The average molecular weight is 666 g/mol. The average Bonchev–Trinajstić information content (AvgIpc) is 2.82. The number of anilines is 1. The summed E-state index contributed by atoms with van der Waals surface area (Å²) >= 11 is 14.9. The Bertz CT molecular complexity index is 1170. The Morgan fingerprint density at radius 1 is 1.06 bits per heavy atom. The molecule has 196 valence electrons. The normalized spacial score (nSPS) is 15.2. The number of carbonyl (C=O) groups excluding carboxylic acids is 2. The SMILES string of the molecule is C[C@H](C(=O)NC1CCCCC1)N(Cc1c(Cl)cccc1Cl)C(=O)CN(c1ccc(I)cc1)S(C)(=O)=O. The van der Waals surface area contributed by atoms with Gasteiger partial charge in [-0.1, -0.05) is 48.5 Å². The summed E-state index contributed by atoms with van der Waals surface area (Å²) in [6.45, 7) is 1.12. The number of rotatable bonds is 9. The van der Waals surface area contributed by atoms with Crippen molar-refractivity contribution in [1.82, 2.24) is 10.2 Å². The van der Waals surface area contributed by atoms with Crippen LogP contribution in [0.4, 0.5) is 5.69 Å². The largest absolute Gasteiger partial charge is 0.352 e. The summed E-state index contributed by atoms with van der Waals surface area (Å²) in [4.78, 5) is 28.2. The Labute approximate surface area is 236 Å². The van der Waals surface area contributed by atoms with E-state index in [1.165, 1.54) is 4.90 Å². The van der Waals surface area contributed by atoms with Gasteiger partial charge in [-0.2, -0.15) is 0 Å². The number of amides is 2. The van der Waals surface area contributed by atoms with E-state index >= 15 is 0 Å². The molecule has 0 radical (unpaired) electrons. The number of nitrogens with one attached hydrogen (secondary N) is 1. The van der Waals surface area contributed by atoms with Crippen molar-refractivity contribution in [2.24, 2.45) is 0 Å². The predicted molar refractivity (Wildman–Crippen MR) is 153 cm³/mol. The van der Waals surface area contributed by atoms with Crippen molar-refractivity contribution in [2.75, 3.05) is 17.1 Å². The highest BCUT2D eigenvalue weighted by Gasteiger charge is 2.32. The van der Waals surface area contributed by atoms with Gasteiger partial charge in [-0.15, -0.1) is 0 Å². The molecule has 0 unspecified atom stereocenters. The van der Waals surface area contributed by atoms with Crippen LogP contribution < -0.4 is 9.62 Å². The third-order valence-electron chi connectivity index (χ3n) is 6.30. The van der Waals surface area contributed by atoms with Gasteiger partial charge in [0.1, 0.15) is 12.6 Å². The Balaban J connectivity index is 1.91. The van der Waals surface area contributed by atoms with E-state index < -0.39 is 28.5 Å². The van der Waals surface area contributed by atoms with E-state index in [0.717, 1.165) is 46.2 Å². The highest BCUT2D eigenvalue weighted by atomic mass is 127. The van der Waals surface area contributed by atoms with Gasteiger partial charge in [0.2, 0.25) is 21.8 Å². The zero-order chi connectivity index (χ0) is 26.5. The molecule has 0 saturated heterocycles. The molecule has 11 heteroatoms. The minimum Gasteiger partial charge on any atom is -0.352 e. The number of benzene rings is 2. The van der Waals surface area contributed by atoms with Gasteiger partial charge in [0, 0.05) is 31.8 Å². The van der Waals surface area contributed by atoms with Gasteiger partial charge < -0.3 is 10.2 Å². The third-order valence-corrected chi connectivity index (χ3v) is 8.87. The summed E-state index contributed by atoms with van der Waals surface area (Å²) in [6.07, 6.45) is 6.10. The fourth-order valence-electron chi connectivity index (χ4n) is 4.23. The Morgan fingerprint density at radius 2 is 1.64 bits per heavy atom. The van der Waals surface area contributed by atoms with Gasteiger partial charge in [-0.25, -0.2) is 8.42 Å². The standard InChI is InChI=1S/C25H30Cl2IN3O4S/c1-17(25(33)29-19-7-4-3-5-8-19)30(15-21-22(26)9-6-10-23(21)27)24(32)16-31(36(2,34)35)20-13-11-18(28)12-14-20/h6,9-14,17,19H,3-5,7-8,15-16H2,1-2H3,(H,29,33)/t17-/m1/s1. The van der Waals surface area contributed by atoms with Crippen LogP contribution in [-0.4, -0.2) is 50.0 Å². The molecule has 1 atom stereocenters. The molecular formula is C25H30Cl2IN3O4S. The molecule has 1 aliphatic rings. The molecule has 0 bridgehead atoms. The van der Waals surface area contributed by atoms with Crippen molar-refractivity contribution in [2.45, 2.75) is 57.7 Å². The highest BCUT2D eigenvalue weighted by Crippen LogP contribution is 2.27. The number of sulfonamides is 1. The van der Waals surface area contributed by atoms with Gasteiger partial charge in [0.25, 0.3) is 0 Å². The molecule has 7 nitrogen and oxygen atoms in total. The lowest BCUT2D eigenvalue weighted by atomic mass is 9.95. The highest BCUT2D eigenvalue weighted by molar-refractivity contribution is 14.1. The van der Waals surface area contributed by atoms with Crippen molar-refractivity contribution in [3.8, 4) is 0 Å². The van der Waals surface area contributed by atoms with E-state index in [1.807, 2.05) is 0 Å². The molecule has 1 aliphatic carbocycles. The summed E-state index contributed by atoms with van der Waals surface area (Å²) in [6, 6.07) is 11.0. The van der Waals surface area contributed by atoms with E-state index in [-0.39, 0.29) is 18.5 Å². The monoisotopic (exact) mass is 665 g/mol. The Morgan fingerprint density at radius 3 is 2.19 bits per heavy atom. The van der Waals surface area contributed by atoms with E-state index in [2.05, 4.69) is 27.9 Å². The van der Waals surface area contributed by atoms with Crippen LogP contribution in [0.1, 0.15) is 44.6 Å². The maximum absolute atomic E-state index is 13.7. The molecule has 3 rings (SSSR count). The summed E-state index contributed by atoms with van der Waals surface area (Å²) in [7, 11) is -3.79. The second-order valence-corrected chi connectivity index (χ2v) is 13.0. The topological polar surface area (TPSA) is 86.8 Å². The number of hydrogen-bond donors (Lipinski definition) is 1. The van der Waals surface area contributed by atoms with Gasteiger partial charge in [-0.05, 0) is 78.8 Å². The van der Waals surface area contributed by atoms with E-state index in [9.17, 15) is 18.0 Å².